The second-order valence-electron chi connectivity index (χ2n) is 6.86. The smallest absolute Gasteiger partial charge is 0.147 e. The molecule has 0 saturated heterocycles. The maximum absolute atomic E-state index is 14.1. The average Bonchev–Trinajstić information content (AvgIpc) is 3.35. The van der Waals surface area contributed by atoms with E-state index in [1.807, 2.05) is 35.0 Å². The monoisotopic (exact) mass is 418 g/mol. The van der Waals surface area contributed by atoms with E-state index < -0.39 is 0 Å². The van der Waals surface area contributed by atoms with Gasteiger partial charge in [0.1, 0.15) is 23.6 Å². The number of nitrogens with zero attached hydrogens (tertiary/aromatic N) is 5. The van der Waals surface area contributed by atoms with Crippen molar-refractivity contribution in [1.82, 2.24) is 24.1 Å². The molecule has 5 aromatic rings. The molecule has 0 aliphatic carbocycles. The minimum atomic E-state index is -0.307. The van der Waals surface area contributed by atoms with Gasteiger partial charge in [0.15, 0.2) is 0 Å². The van der Waals surface area contributed by atoms with E-state index in [9.17, 15) is 4.39 Å². The van der Waals surface area contributed by atoms with Crippen LogP contribution in [0.25, 0.3) is 27.8 Å². The van der Waals surface area contributed by atoms with E-state index in [2.05, 4.69) is 15.0 Å². The van der Waals surface area contributed by atoms with Gasteiger partial charge in [-0.15, -0.1) is 0 Å². The van der Waals surface area contributed by atoms with E-state index >= 15 is 0 Å². The largest absolute Gasteiger partial charge is 0.383 e. The molecule has 0 radical (unpaired) electrons. The van der Waals surface area contributed by atoms with E-state index in [0.29, 0.717) is 28.7 Å². The number of aromatic nitrogens is 5. The fraction of sp³-hybridized carbons (Fsp3) is 0.0455. The van der Waals surface area contributed by atoms with Gasteiger partial charge in [0.25, 0.3) is 0 Å². The summed E-state index contributed by atoms with van der Waals surface area (Å²) < 4.78 is 17.7. The van der Waals surface area contributed by atoms with Crippen LogP contribution in [0.2, 0.25) is 5.02 Å². The summed E-state index contributed by atoms with van der Waals surface area (Å²) in [6.07, 6.45) is 6.82. The lowest BCUT2D eigenvalue weighted by molar-refractivity contribution is 0.618. The van der Waals surface area contributed by atoms with Gasteiger partial charge in [-0.2, -0.15) is 0 Å². The Balaban J connectivity index is 1.57. The van der Waals surface area contributed by atoms with Crippen LogP contribution in [0.15, 0.2) is 73.6 Å². The molecule has 148 valence electrons. The van der Waals surface area contributed by atoms with E-state index in [1.165, 1.54) is 12.4 Å². The van der Waals surface area contributed by atoms with Crippen molar-refractivity contribution in [2.24, 2.45) is 0 Å². The van der Waals surface area contributed by atoms with Crippen LogP contribution in [0.5, 0.6) is 0 Å². The predicted octanol–water partition coefficient (Wildman–Crippen LogP) is 4.71. The summed E-state index contributed by atoms with van der Waals surface area (Å²) in [5.41, 5.74) is 9.95. The van der Waals surface area contributed by atoms with Gasteiger partial charge in [0, 0.05) is 23.0 Å². The molecule has 2 N–H and O–H groups in total. The lowest BCUT2D eigenvalue weighted by Crippen LogP contribution is -2.01. The first-order valence-electron chi connectivity index (χ1n) is 9.23. The second kappa shape index (κ2) is 7.27. The van der Waals surface area contributed by atoms with E-state index in [1.54, 1.807) is 35.3 Å². The number of fused-ring (bicyclic) bond motifs is 1. The number of nitrogen functional groups attached to an aromatic ring is 1. The fourth-order valence-electron chi connectivity index (χ4n) is 3.53. The maximum atomic E-state index is 14.1. The molecule has 0 bridgehead atoms. The first-order chi connectivity index (χ1) is 14.6. The van der Waals surface area contributed by atoms with Crippen LogP contribution in [0.3, 0.4) is 0 Å². The molecule has 0 aliphatic heterocycles. The molecular formula is C22H16ClFN6. The zero-order valence-electron chi connectivity index (χ0n) is 15.7. The summed E-state index contributed by atoms with van der Waals surface area (Å²) in [4.78, 5) is 13.0. The van der Waals surface area contributed by atoms with Crippen molar-refractivity contribution in [2.75, 3.05) is 5.73 Å². The number of halogens is 2. The Morgan fingerprint density at radius 2 is 1.77 bits per heavy atom. The molecule has 0 unspecified atom stereocenters. The Labute approximate surface area is 176 Å². The van der Waals surface area contributed by atoms with E-state index in [0.717, 1.165) is 22.2 Å². The first-order valence-corrected chi connectivity index (χ1v) is 9.61. The van der Waals surface area contributed by atoms with Crippen molar-refractivity contribution in [3.05, 3.63) is 90.1 Å². The Hall–Kier alpha value is -3.71. The molecule has 30 heavy (non-hydrogen) atoms. The molecule has 0 amide bonds. The minimum Gasteiger partial charge on any atom is -0.383 e. The van der Waals surface area contributed by atoms with Crippen molar-refractivity contribution in [1.29, 1.82) is 0 Å². The Morgan fingerprint density at radius 3 is 2.57 bits per heavy atom. The van der Waals surface area contributed by atoms with Crippen LogP contribution in [0.4, 0.5) is 10.2 Å². The third-order valence-electron chi connectivity index (χ3n) is 4.94. The standard InChI is InChI=1S/C22H16ClFN6/c23-15-7-5-14(6-8-15)17-11-29(22-20(17)21(25)26-12-27-22)9-16-10-30(13-28-16)19-4-2-1-3-18(19)24/h1-8,10-13H,9H2,(H2,25,26,27). The third kappa shape index (κ3) is 3.19. The quantitative estimate of drug-likeness (QED) is 0.458. The van der Waals surface area contributed by atoms with Gasteiger partial charge in [0.2, 0.25) is 0 Å². The van der Waals surface area contributed by atoms with Crippen LogP contribution < -0.4 is 5.73 Å². The van der Waals surface area contributed by atoms with Crippen LogP contribution in [-0.4, -0.2) is 24.1 Å². The Bertz CT molecular complexity index is 1360. The highest BCUT2D eigenvalue weighted by Gasteiger charge is 2.16. The molecule has 0 fully saturated rings. The SMILES string of the molecule is Nc1ncnc2c1c(-c1ccc(Cl)cc1)cn2Cc1cn(-c2ccccc2F)cn1. The summed E-state index contributed by atoms with van der Waals surface area (Å²) in [7, 11) is 0. The highest BCUT2D eigenvalue weighted by atomic mass is 35.5. The van der Waals surface area contributed by atoms with Crippen molar-refractivity contribution in [2.45, 2.75) is 6.54 Å². The Kier molecular flexibility index (Phi) is 4.44. The molecule has 0 atom stereocenters. The van der Waals surface area contributed by atoms with Crippen LogP contribution >= 0.6 is 11.6 Å². The first kappa shape index (κ1) is 18.3. The predicted molar refractivity (Wildman–Crippen MR) is 115 cm³/mol. The molecule has 2 aromatic carbocycles. The number of hydrogen-bond donors (Lipinski definition) is 1. The van der Waals surface area contributed by atoms with E-state index in [4.69, 9.17) is 17.3 Å². The summed E-state index contributed by atoms with van der Waals surface area (Å²) in [5, 5.41) is 1.43. The lowest BCUT2D eigenvalue weighted by Gasteiger charge is -2.03. The zero-order chi connectivity index (χ0) is 20.7. The number of para-hydroxylation sites is 1. The lowest BCUT2D eigenvalue weighted by atomic mass is 10.1. The number of rotatable bonds is 4. The van der Waals surface area contributed by atoms with Crippen molar-refractivity contribution in [3.63, 3.8) is 0 Å². The summed E-state index contributed by atoms with van der Waals surface area (Å²) in [5.74, 6) is 0.0963. The minimum absolute atomic E-state index is 0.307. The molecule has 0 spiro atoms. The molecule has 6 nitrogen and oxygen atoms in total. The van der Waals surface area contributed by atoms with Crippen molar-refractivity contribution >= 4 is 28.5 Å². The molecule has 3 heterocycles. The van der Waals surface area contributed by atoms with Gasteiger partial charge in [0.05, 0.1) is 29.6 Å². The number of anilines is 1. The molecular weight excluding hydrogens is 403 g/mol. The highest BCUT2D eigenvalue weighted by molar-refractivity contribution is 6.30. The highest BCUT2D eigenvalue weighted by Crippen LogP contribution is 2.33. The summed E-state index contributed by atoms with van der Waals surface area (Å²) in [6, 6.07) is 14.1. The van der Waals surface area contributed by atoms with Crippen molar-refractivity contribution < 1.29 is 4.39 Å². The van der Waals surface area contributed by atoms with Gasteiger partial charge >= 0.3 is 0 Å². The topological polar surface area (TPSA) is 74.5 Å². The van der Waals surface area contributed by atoms with Gasteiger partial charge in [-0.05, 0) is 29.8 Å². The normalized spacial score (nSPS) is 11.3. The summed E-state index contributed by atoms with van der Waals surface area (Å²) in [6.45, 7) is 0.446. The van der Waals surface area contributed by atoms with Gasteiger partial charge < -0.3 is 14.9 Å². The van der Waals surface area contributed by atoms with Crippen LogP contribution in [0, 0.1) is 5.82 Å². The second-order valence-corrected chi connectivity index (χ2v) is 7.30. The number of nitrogens with two attached hydrogens (primary N) is 1. The maximum Gasteiger partial charge on any atom is 0.147 e. The molecule has 8 heteroatoms. The molecule has 3 aromatic heterocycles. The summed E-state index contributed by atoms with van der Waals surface area (Å²) >= 11 is 6.03. The number of benzene rings is 2. The van der Waals surface area contributed by atoms with Gasteiger partial charge in [-0.25, -0.2) is 19.3 Å². The fourth-order valence-corrected chi connectivity index (χ4v) is 3.65. The van der Waals surface area contributed by atoms with Gasteiger partial charge in [-0.1, -0.05) is 35.9 Å². The average molecular weight is 419 g/mol. The van der Waals surface area contributed by atoms with Crippen molar-refractivity contribution in [3.8, 4) is 16.8 Å². The molecule has 0 aliphatic rings. The Morgan fingerprint density at radius 1 is 0.967 bits per heavy atom. The van der Waals surface area contributed by atoms with E-state index in [-0.39, 0.29) is 5.82 Å². The zero-order valence-corrected chi connectivity index (χ0v) is 16.5. The van der Waals surface area contributed by atoms with Crippen LogP contribution in [-0.2, 0) is 6.54 Å². The molecule has 5 rings (SSSR count). The van der Waals surface area contributed by atoms with Gasteiger partial charge in [-0.3, -0.25) is 0 Å². The molecule has 0 saturated carbocycles. The van der Waals surface area contributed by atoms with Crippen LogP contribution in [0.1, 0.15) is 5.69 Å². The number of hydrogen-bond acceptors (Lipinski definition) is 4. The third-order valence-corrected chi connectivity index (χ3v) is 5.19. The number of imidazole rings is 1.